The van der Waals surface area contributed by atoms with Gasteiger partial charge in [0.2, 0.25) is 11.8 Å². The zero-order valence-corrected chi connectivity index (χ0v) is 11.3. The Morgan fingerprint density at radius 1 is 1.26 bits per heavy atom. The third-order valence-corrected chi connectivity index (χ3v) is 3.44. The number of hydrogen-bond acceptors (Lipinski definition) is 3. The van der Waals surface area contributed by atoms with Crippen LogP contribution in [0.3, 0.4) is 0 Å². The van der Waals surface area contributed by atoms with Crippen LogP contribution in [-0.4, -0.2) is 35.8 Å². The Labute approximate surface area is 113 Å². The van der Waals surface area contributed by atoms with Gasteiger partial charge in [0.1, 0.15) is 0 Å². The van der Waals surface area contributed by atoms with E-state index < -0.39 is 0 Å². The molecule has 0 spiro atoms. The van der Waals surface area contributed by atoms with Gasteiger partial charge in [0.25, 0.3) is 0 Å². The molecule has 1 atom stereocenters. The van der Waals surface area contributed by atoms with Crippen LogP contribution >= 0.6 is 0 Å². The SMILES string of the molecule is CCN1C(=O)CC(NCCCc2ccccc2)C1=O. The van der Waals surface area contributed by atoms with E-state index in [-0.39, 0.29) is 17.9 Å². The molecule has 0 bridgehead atoms. The summed E-state index contributed by atoms with van der Waals surface area (Å²) in [6, 6.07) is 9.95. The lowest BCUT2D eigenvalue weighted by Crippen LogP contribution is -2.39. The second-order valence-electron chi connectivity index (χ2n) is 4.78. The number of nitrogens with zero attached hydrogens (tertiary/aromatic N) is 1. The van der Waals surface area contributed by atoms with Gasteiger partial charge in [-0.3, -0.25) is 14.5 Å². The molecule has 1 fully saturated rings. The Bertz CT molecular complexity index is 445. The van der Waals surface area contributed by atoms with Crippen LogP contribution in [0.25, 0.3) is 0 Å². The number of likely N-dealkylation sites (N-methyl/N-ethyl adjacent to an activating group) is 1. The van der Waals surface area contributed by atoms with E-state index in [0.29, 0.717) is 13.0 Å². The number of hydrogen-bond donors (Lipinski definition) is 1. The number of likely N-dealkylation sites (tertiary alicyclic amines) is 1. The second kappa shape index (κ2) is 6.48. The van der Waals surface area contributed by atoms with E-state index in [9.17, 15) is 9.59 Å². The molecule has 102 valence electrons. The van der Waals surface area contributed by atoms with Gasteiger partial charge >= 0.3 is 0 Å². The van der Waals surface area contributed by atoms with E-state index in [1.807, 2.05) is 25.1 Å². The average molecular weight is 260 g/mol. The van der Waals surface area contributed by atoms with Crippen LogP contribution in [0.1, 0.15) is 25.3 Å². The van der Waals surface area contributed by atoms with E-state index >= 15 is 0 Å². The van der Waals surface area contributed by atoms with E-state index in [2.05, 4.69) is 17.4 Å². The van der Waals surface area contributed by atoms with Crippen LogP contribution in [0.4, 0.5) is 0 Å². The van der Waals surface area contributed by atoms with Crippen LogP contribution in [0.2, 0.25) is 0 Å². The van der Waals surface area contributed by atoms with Crippen LogP contribution < -0.4 is 5.32 Å². The molecule has 1 unspecified atom stereocenters. The Kier molecular flexibility index (Phi) is 4.68. The molecule has 1 N–H and O–H groups in total. The van der Waals surface area contributed by atoms with Crippen molar-refractivity contribution in [3.8, 4) is 0 Å². The Morgan fingerprint density at radius 2 is 2.00 bits per heavy atom. The van der Waals surface area contributed by atoms with Crippen molar-refractivity contribution in [3.63, 3.8) is 0 Å². The number of carbonyl (C=O) groups is 2. The predicted molar refractivity (Wildman–Crippen MR) is 73.6 cm³/mol. The van der Waals surface area contributed by atoms with Crippen molar-refractivity contribution in [3.05, 3.63) is 35.9 Å². The standard InChI is InChI=1S/C15H20N2O2/c1-2-17-14(18)11-13(15(17)19)16-10-6-9-12-7-4-3-5-8-12/h3-5,7-8,13,16H,2,6,9-11H2,1H3. The van der Waals surface area contributed by atoms with Gasteiger partial charge in [0.15, 0.2) is 0 Å². The maximum Gasteiger partial charge on any atom is 0.246 e. The minimum atomic E-state index is -0.316. The molecule has 2 rings (SSSR count). The summed E-state index contributed by atoms with van der Waals surface area (Å²) in [7, 11) is 0. The molecule has 0 aromatic heterocycles. The van der Waals surface area contributed by atoms with E-state index in [1.54, 1.807) is 0 Å². The fourth-order valence-corrected chi connectivity index (χ4v) is 2.39. The van der Waals surface area contributed by atoms with Gasteiger partial charge in [-0.15, -0.1) is 0 Å². The fourth-order valence-electron chi connectivity index (χ4n) is 2.39. The lowest BCUT2D eigenvalue weighted by Gasteiger charge is -2.13. The fraction of sp³-hybridized carbons (Fsp3) is 0.467. The summed E-state index contributed by atoms with van der Waals surface area (Å²) in [5.74, 6) is -0.139. The Balaban J connectivity index is 1.72. The zero-order valence-electron chi connectivity index (χ0n) is 11.3. The van der Waals surface area contributed by atoms with Gasteiger partial charge in [0.05, 0.1) is 12.5 Å². The van der Waals surface area contributed by atoms with Crippen molar-refractivity contribution < 1.29 is 9.59 Å². The minimum Gasteiger partial charge on any atom is -0.305 e. The average Bonchev–Trinajstić information content (AvgIpc) is 2.70. The highest BCUT2D eigenvalue weighted by Crippen LogP contribution is 2.12. The number of carbonyl (C=O) groups excluding carboxylic acids is 2. The summed E-state index contributed by atoms with van der Waals surface area (Å²) in [6.07, 6.45) is 2.26. The monoisotopic (exact) mass is 260 g/mol. The van der Waals surface area contributed by atoms with Gasteiger partial charge in [-0.1, -0.05) is 30.3 Å². The van der Waals surface area contributed by atoms with Crippen LogP contribution in [-0.2, 0) is 16.0 Å². The first-order valence-corrected chi connectivity index (χ1v) is 6.84. The van der Waals surface area contributed by atoms with Gasteiger partial charge in [-0.2, -0.15) is 0 Å². The predicted octanol–water partition coefficient (Wildman–Crippen LogP) is 1.36. The maximum atomic E-state index is 11.9. The number of benzene rings is 1. The van der Waals surface area contributed by atoms with Crippen molar-refractivity contribution >= 4 is 11.8 Å². The van der Waals surface area contributed by atoms with Gasteiger partial charge in [-0.05, 0) is 31.9 Å². The van der Waals surface area contributed by atoms with Crippen LogP contribution in [0.5, 0.6) is 0 Å². The summed E-state index contributed by atoms with van der Waals surface area (Å²) >= 11 is 0. The molecule has 1 aromatic rings. The van der Waals surface area contributed by atoms with E-state index in [4.69, 9.17) is 0 Å². The van der Waals surface area contributed by atoms with Crippen molar-refractivity contribution in [2.75, 3.05) is 13.1 Å². The smallest absolute Gasteiger partial charge is 0.246 e. The Morgan fingerprint density at radius 3 is 2.63 bits per heavy atom. The van der Waals surface area contributed by atoms with Crippen molar-refractivity contribution in [1.29, 1.82) is 0 Å². The lowest BCUT2D eigenvalue weighted by atomic mass is 10.1. The number of imide groups is 1. The van der Waals surface area contributed by atoms with Crippen LogP contribution in [0, 0.1) is 0 Å². The van der Waals surface area contributed by atoms with E-state index in [1.165, 1.54) is 10.5 Å². The van der Waals surface area contributed by atoms with Crippen LogP contribution in [0.15, 0.2) is 30.3 Å². The quantitative estimate of drug-likeness (QED) is 0.620. The summed E-state index contributed by atoms with van der Waals surface area (Å²) in [5.41, 5.74) is 1.30. The molecule has 1 aliphatic rings. The molecular weight excluding hydrogens is 240 g/mol. The van der Waals surface area contributed by atoms with Gasteiger partial charge in [-0.25, -0.2) is 0 Å². The normalized spacial score (nSPS) is 19.2. The molecule has 0 saturated carbocycles. The molecule has 1 aromatic carbocycles. The van der Waals surface area contributed by atoms with Crippen molar-refractivity contribution in [1.82, 2.24) is 10.2 Å². The molecule has 0 radical (unpaired) electrons. The summed E-state index contributed by atoms with van der Waals surface area (Å²) in [6.45, 7) is 3.06. The first-order chi connectivity index (χ1) is 9.22. The lowest BCUT2D eigenvalue weighted by molar-refractivity contribution is -0.138. The topological polar surface area (TPSA) is 49.4 Å². The summed E-state index contributed by atoms with van der Waals surface area (Å²) in [4.78, 5) is 24.7. The second-order valence-corrected chi connectivity index (χ2v) is 4.78. The molecule has 4 nitrogen and oxygen atoms in total. The summed E-state index contributed by atoms with van der Waals surface area (Å²) in [5, 5.41) is 3.18. The molecule has 4 heteroatoms. The highest BCUT2D eigenvalue weighted by atomic mass is 16.2. The van der Waals surface area contributed by atoms with Crippen molar-refractivity contribution in [2.45, 2.75) is 32.2 Å². The molecule has 2 amide bonds. The molecule has 0 aliphatic carbocycles. The largest absolute Gasteiger partial charge is 0.305 e. The molecule has 1 saturated heterocycles. The first-order valence-electron chi connectivity index (χ1n) is 6.84. The third kappa shape index (κ3) is 3.41. The molecular formula is C15H20N2O2. The summed E-state index contributed by atoms with van der Waals surface area (Å²) < 4.78 is 0. The van der Waals surface area contributed by atoms with Crippen molar-refractivity contribution in [2.24, 2.45) is 0 Å². The Hall–Kier alpha value is -1.68. The first kappa shape index (κ1) is 13.7. The highest BCUT2D eigenvalue weighted by molar-refractivity contribution is 6.05. The number of rotatable bonds is 6. The third-order valence-electron chi connectivity index (χ3n) is 3.44. The number of aryl methyl sites for hydroxylation is 1. The zero-order chi connectivity index (χ0) is 13.7. The van der Waals surface area contributed by atoms with Gasteiger partial charge in [0, 0.05) is 6.54 Å². The molecule has 1 aliphatic heterocycles. The number of amides is 2. The number of nitrogens with one attached hydrogen (secondary N) is 1. The molecule has 19 heavy (non-hydrogen) atoms. The van der Waals surface area contributed by atoms with E-state index in [0.717, 1.165) is 19.4 Å². The highest BCUT2D eigenvalue weighted by Gasteiger charge is 2.36. The minimum absolute atomic E-state index is 0.0620. The van der Waals surface area contributed by atoms with Gasteiger partial charge < -0.3 is 5.32 Å². The molecule has 1 heterocycles. The maximum absolute atomic E-state index is 11.9.